The molecule has 0 bridgehead atoms. The molecular weight excluding hydrogens is 433 g/mol. The first kappa shape index (κ1) is 25.6. The van der Waals surface area contributed by atoms with Crippen LogP contribution in [0.25, 0.3) is 0 Å². The molecule has 170 valence electrons. The van der Waals surface area contributed by atoms with Crippen molar-refractivity contribution in [1.82, 2.24) is 9.80 Å². The number of morpholine rings is 1. The molecule has 2 aliphatic heterocycles. The molecule has 31 heavy (non-hydrogen) atoms. The topological polar surface area (TPSA) is 58.8 Å². The van der Waals surface area contributed by atoms with Gasteiger partial charge in [0, 0.05) is 50.2 Å². The number of rotatable bonds is 4. The lowest BCUT2D eigenvalue weighted by Crippen LogP contribution is -2.44. The summed E-state index contributed by atoms with van der Waals surface area (Å²) >= 11 is 0. The highest BCUT2D eigenvalue weighted by molar-refractivity contribution is 5.94. The zero-order valence-corrected chi connectivity index (χ0v) is 19.8. The van der Waals surface area contributed by atoms with Gasteiger partial charge in [-0.25, -0.2) is 0 Å². The Balaban J connectivity index is 0.00000171. The van der Waals surface area contributed by atoms with E-state index in [9.17, 15) is 4.79 Å². The number of carbonyl (C=O) groups is 1. The highest BCUT2D eigenvalue weighted by Crippen LogP contribution is 2.27. The molecule has 2 aliphatic rings. The van der Waals surface area contributed by atoms with E-state index in [0.717, 1.165) is 25.2 Å². The lowest BCUT2D eigenvalue weighted by atomic mass is 9.95. The molecule has 2 aromatic rings. The first-order valence-corrected chi connectivity index (χ1v) is 10.6. The summed E-state index contributed by atoms with van der Waals surface area (Å²) in [5.41, 5.74) is 9.53. The summed E-state index contributed by atoms with van der Waals surface area (Å²) in [4.78, 5) is 17.3. The van der Waals surface area contributed by atoms with E-state index in [1.54, 1.807) is 0 Å². The number of ether oxygens (including phenoxy) is 1. The zero-order chi connectivity index (χ0) is 20.4. The van der Waals surface area contributed by atoms with Crippen LogP contribution in [0.4, 0.5) is 0 Å². The highest BCUT2D eigenvalue weighted by atomic mass is 35.5. The standard InChI is InChI=1S/C24H31N3O2.2ClH/c1-17-12-26(13-18(2)29-17)14-19-8-10-21(11-9-19)24(28)27-15-22(23(25)16-27)20-6-4-3-5-7-20;;/h3-11,17-18,22-23H,12-16,25H2,1-2H3;2*1H/t17?,18?,22-,23+;;/m0../s1. The Morgan fingerprint density at radius 3 is 2.16 bits per heavy atom. The number of halogens is 2. The van der Waals surface area contributed by atoms with Crippen LogP contribution >= 0.6 is 24.8 Å². The maximum Gasteiger partial charge on any atom is 0.253 e. The minimum atomic E-state index is -0.0223. The Morgan fingerprint density at radius 1 is 0.935 bits per heavy atom. The van der Waals surface area contributed by atoms with E-state index < -0.39 is 0 Å². The molecular formula is C24H33Cl2N3O2. The Labute approximate surface area is 197 Å². The van der Waals surface area contributed by atoms with Crippen molar-refractivity contribution in [2.45, 2.75) is 44.6 Å². The van der Waals surface area contributed by atoms with E-state index >= 15 is 0 Å². The summed E-state index contributed by atoms with van der Waals surface area (Å²) in [6.45, 7) is 8.28. The third kappa shape index (κ3) is 6.21. The Hall–Kier alpha value is -1.63. The van der Waals surface area contributed by atoms with Gasteiger partial charge >= 0.3 is 0 Å². The van der Waals surface area contributed by atoms with Gasteiger partial charge in [0.25, 0.3) is 5.91 Å². The Kier molecular flexibility index (Phi) is 9.34. The number of likely N-dealkylation sites (tertiary alicyclic amines) is 1. The number of nitrogens with two attached hydrogens (primary N) is 1. The van der Waals surface area contributed by atoms with Crippen LogP contribution in [0.2, 0.25) is 0 Å². The quantitative estimate of drug-likeness (QED) is 0.747. The zero-order valence-electron chi connectivity index (χ0n) is 18.1. The number of carbonyl (C=O) groups excluding carboxylic acids is 1. The number of amides is 1. The van der Waals surface area contributed by atoms with E-state index in [2.05, 4.69) is 43.0 Å². The molecule has 2 N–H and O–H groups in total. The van der Waals surface area contributed by atoms with E-state index in [1.165, 1.54) is 11.1 Å². The second-order valence-corrected chi connectivity index (χ2v) is 8.54. The van der Waals surface area contributed by atoms with Crippen LogP contribution in [0, 0.1) is 0 Å². The fraction of sp³-hybridized carbons (Fsp3) is 0.458. The summed E-state index contributed by atoms with van der Waals surface area (Å²) in [6.07, 6.45) is 0.521. The fourth-order valence-electron chi connectivity index (χ4n) is 4.65. The second kappa shape index (κ2) is 11.3. The van der Waals surface area contributed by atoms with Gasteiger partial charge in [0.1, 0.15) is 0 Å². The van der Waals surface area contributed by atoms with Crippen molar-refractivity contribution in [1.29, 1.82) is 0 Å². The third-order valence-corrected chi connectivity index (χ3v) is 5.98. The van der Waals surface area contributed by atoms with Gasteiger partial charge in [0.15, 0.2) is 0 Å². The van der Waals surface area contributed by atoms with Gasteiger partial charge in [-0.15, -0.1) is 24.8 Å². The van der Waals surface area contributed by atoms with Crippen LogP contribution < -0.4 is 5.73 Å². The molecule has 4 atom stereocenters. The molecule has 0 aromatic heterocycles. The van der Waals surface area contributed by atoms with Gasteiger partial charge in [0.05, 0.1) is 12.2 Å². The molecule has 0 spiro atoms. The molecule has 0 saturated carbocycles. The molecule has 2 aromatic carbocycles. The van der Waals surface area contributed by atoms with Crippen molar-refractivity contribution < 1.29 is 9.53 Å². The number of benzene rings is 2. The lowest BCUT2D eigenvalue weighted by molar-refractivity contribution is -0.0704. The van der Waals surface area contributed by atoms with Crippen molar-refractivity contribution in [2.75, 3.05) is 26.2 Å². The minimum Gasteiger partial charge on any atom is -0.373 e. The molecule has 4 rings (SSSR count). The van der Waals surface area contributed by atoms with Crippen LogP contribution in [0.5, 0.6) is 0 Å². The summed E-state index contributed by atoms with van der Waals surface area (Å²) in [7, 11) is 0. The Bertz CT molecular complexity index is 824. The summed E-state index contributed by atoms with van der Waals surface area (Å²) in [6, 6.07) is 18.3. The monoisotopic (exact) mass is 465 g/mol. The summed E-state index contributed by atoms with van der Waals surface area (Å²) in [5.74, 6) is 0.267. The number of hydrogen-bond donors (Lipinski definition) is 1. The molecule has 7 heteroatoms. The fourth-order valence-corrected chi connectivity index (χ4v) is 4.65. The van der Waals surface area contributed by atoms with E-state index in [1.807, 2.05) is 35.2 Å². The van der Waals surface area contributed by atoms with Crippen molar-refractivity contribution >= 4 is 30.7 Å². The van der Waals surface area contributed by atoms with Crippen LogP contribution in [0.15, 0.2) is 54.6 Å². The predicted molar refractivity (Wildman–Crippen MR) is 129 cm³/mol. The molecule has 1 amide bonds. The second-order valence-electron chi connectivity index (χ2n) is 8.54. The average molecular weight is 466 g/mol. The van der Waals surface area contributed by atoms with E-state index in [0.29, 0.717) is 13.1 Å². The minimum absolute atomic E-state index is 0. The van der Waals surface area contributed by atoms with E-state index in [4.69, 9.17) is 10.5 Å². The van der Waals surface area contributed by atoms with Crippen LogP contribution in [-0.2, 0) is 11.3 Å². The number of hydrogen-bond acceptors (Lipinski definition) is 4. The maximum absolute atomic E-state index is 13.0. The first-order valence-electron chi connectivity index (χ1n) is 10.6. The SMILES string of the molecule is CC1CN(Cc2ccc(C(=O)N3C[C@@H](N)[C@H](c4ccccc4)C3)cc2)CC(C)O1.Cl.Cl. The van der Waals surface area contributed by atoms with Crippen LogP contribution in [0.3, 0.4) is 0 Å². The van der Waals surface area contributed by atoms with Gasteiger partial charge in [0.2, 0.25) is 0 Å². The van der Waals surface area contributed by atoms with Crippen molar-refractivity contribution in [3.63, 3.8) is 0 Å². The first-order chi connectivity index (χ1) is 14.0. The van der Waals surface area contributed by atoms with E-state index in [-0.39, 0.29) is 54.9 Å². The maximum atomic E-state index is 13.0. The van der Waals surface area contributed by atoms with Crippen LogP contribution in [-0.4, -0.2) is 60.1 Å². The predicted octanol–water partition coefficient (Wildman–Crippen LogP) is 3.71. The average Bonchev–Trinajstić information content (AvgIpc) is 3.09. The van der Waals surface area contributed by atoms with Crippen molar-refractivity contribution in [3.8, 4) is 0 Å². The molecule has 2 heterocycles. The van der Waals surface area contributed by atoms with Crippen molar-refractivity contribution in [3.05, 3.63) is 71.3 Å². The largest absolute Gasteiger partial charge is 0.373 e. The summed E-state index contributed by atoms with van der Waals surface area (Å²) < 4.78 is 5.81. The molecule has 5 nitrogen and oxygen atoms in total. The Morgan fingerprint density at radius 2 is 1.55 bits per heavy atom. The van der Waals surface area contributed by atoms with Crippen molar-refractivity contribution in [2.24, 2.45) is 5.73 Å². The normalized spacial score (nSPS) is 26.1. The smallest absolute Gasteiger partial charge is 0.253 e. The van der Waals surface area contributed by atoms with Gasteiger partial charge < -0.3 is 15.4 Å². The van der Waals surface area contributed by atoms with Crippen LogP contribution in [0.1, 0.15) is 41.3 Å². The van der Waals surface area contributed by atoms with Gasteiger partial charge in [-0.2, -0.15) is 0 Å². The summed E-state index contributed by atoms with van der Waals surface area (Å²) in [5, 5.41) is 0. The van der Waals surface area contributed by atoms with Gasteiger partial charge in [-0.1, -0.05) is 42.5 Å². The number of nitrogens with zero attached hydrogens (tertiary/aromatic N) is 2. The molecule has 2 unspecified atom stereocenters. The van der Waals surface area contributed by atoms with Gasteiger partial charge in [-0.05, 0) is 37.1 Å². The highest BCUT2D eigenvalue weighted by Gasteiger charge is 2.34. The lowest BCUT2D eigenvalue weighted by Gasteiger charge is -2.35. The molecule has 0 aliphatic carbocycles. The third-order valence-electron chi connectivity index (χ3n) is 5.98. The molecule has 2 saturated heterocycles. The van der Waals surface area contributed by atoms with Gasteiger partial charge in [-0.3, -0.25) is 9.69 Å². The molecule has 2 fully saturated rings. The molecule has 0 radical (unpaired) electrons.